The molecule has 1 aromatic rings. The Morgan fingerprint density at radius 1 is 1.37 bits per heavy atom. The first-order valence-corrected chi connectivity index (χ1v) is 6.71. The van der Waals surface area contributed by atoms with Crippen molar-refractivity contribution in [2.75, 3.05) is 13.2 Å². The molecule has 0 saturated carbocycles. The molecule has 3 nitrogen and oxygen atoms in total. The topological polar surface area (TPSA) is 38.3 Å². The smallest absolute Gasteiger partial charge is 0.223 e. The molecule has 0 saturated heterocycles. The van der Waals surface area contributed by atoms with Gasteiger partial charge in [0.15, 0.2) is 0 Å². The van der Waals surface area contributed by atoms with Crippen molar-refractivity contribution in [1.29, 1.82) is 0 Å². The van der Waals surface area contributed by atoms with Gasteiger partial charge < -0.3 is 10.1 Å². The molecular weight excluding hydrogens is 238 g/mol. The van der Waals surface area contributed by atoms with E-state index in [9.17, 15) is 4.79 Å². The van der Waals surface area contributed by atoms with E-state index in [0.29, 0.717) is 19.6 Å². The molecule has 0 radical (unpaired) electrons. The van der Waals surface area contributed by atoms with Crippen LogP contribution >= 0.6 is 0 Å². The normalized spacial score (nSPS) is 10.7. The number of nitrogens with one attached hydrogen (secondary N) is 1. The van der Waals surface area contributed by atoms with Crippen molar-refractivity contribution in [3.63, 3.8) is 0 Å². The van der Waals surface area contributed by atoms with E-state index in [2.05, 4.69) is 11.4 Å². The molecular formula is C16H23NO2. The second kappa shape index (κ2) is 8.35. The van der Waals surface area contributed by atoms with Crippen LogP contribution in [0.4, 0.5) is 0 Å². The third-order valence-corrected chi connectivity index (χ3v) is 2.80. The maximum atomic E-state index is 11.5. The van der Waals surface area contributed by atoms with Gasteiger partial charge >= 0.3 is 0 Å². The number of amides is 1. The van der Waals surface area contributed by atoms with Gasteiger partial charge in [0.2, 0.25) is 5.91 Å². The summed E-state index contributed by atoms with van der Waals surface area (Å²) in [4.78, 5) is 11.5. The van der Waals surface area contributed by atoms with Crippen LogP contribution in [0, 0.1) is 13.8 Å². The molecule has 1 N–H and O–H groups in total. The zero-order chi connectivity index (χ0) is 14.1. The van der Waals surface area contributed by atoms with Gasteiger partial charge in [-0.3, -0.25) is 4.79 Å². The Balaban J connectivity index is 2.26. The Labute approximate surface area is 115 Å². The standard InChI is InChI=1S/C16H23NO2/c1-4-5-6-10-17-16(18)9-11-19-15-12-13(2)7-8-14(15)3/h4-5,7-8,12H,6,9-11H2,1-3H3,(H,17,18)/b5-4+. The summed E-state index contributed by atoms with van der Waals surface area (Å²) >= 11 is 0. The molecule has 0 bridgehead atoms. The first-order chi connectivity index (χ1) is 9.13. The van der Waals surface area contributed by atoms with Gasteiger partial charge in [-0.05, 0) is 44.4 Å². The van der Waals surface area contributed by atoms with Crippen molar-refractivity contribution < 1.29 is 9.53 Å². The molecule has 0 aromatic heterocycles. The number of allylic oxidation sites excluding steroid dienone is 1. The number of ether oxygens (including phenoxy) is 1. The van der Waals surface area contributed by atoms with E-state index < -0.39 is 0 Å². The molecule has 1 amide bonds. The molecule has 1 rings (SSSR count). The Bertz CT molecular complexity index is 438. The first-order valence-electron chi connectivity index (χ1n) is 6.71. The van der Waals surface area contributed by atoms with Gasteiger partial charge in [0.1, 0.15) is 5.75 Å². The highest BCUT2D eigenvalue weighted by Crippen LogP contribution is 2.19. The predicted molar refractivity (Wildman–Crippen MR) is 78.5 cm³/mol. The van der Waals surface area contributed by atoms with E-state index in [0.717, 1.165) is 23.3 Å². The summed E-state index contributed by atoms with van der Waals surface area (Å²) in [5.41, 5.74) is 2.26. The minimum absolute atomic E-state index is 0.0369. The number of benzene rings is 1. The highest BCUT2D eigenvalue weighted by Gasteiger charge is 2.03. The van der Waals surface area contributed by atoms with Crippen LogP contribution < -0.4 is 10.1 Å². The summed E-state index contributed by atoms with van der Waals surface area (Å²) in [6.07, 6.45) is 5.28. The number of aryl methyl sites for hydroxylation is 2. The number of carbonyl (C=O) groups is 1. The summed E-state index contributed by atoms with van der Waals surface area (Å²) in [7, 11) is 0. The van der Waals surface area contributed by atoms with E-state index in [-0.39, 0.29) is 5.91 Å². The second-order valence-corrected chi connectivity index (χ2v) is 4.58. The van der Waals surface area contributed by atoms with Crippen LogP contribution in [0.15, 0.2) is 30.4 Å². The first kappa shape index (κ1) is 15.3. The molecule has 0 atom stereocenters. The summed E-state index contributed by atoms with van der Waals surface area (Å²) in [6, 6.07) is 6.08. The van der Waals surface area contributed by atoms with Crippen LogP contribution in [-0.2, 0) is 4.79 Å². The Hall–Kier alpha value is -1.77. The monoisotopic (exact) mass is 261 g/mol. The van der Waals surface area contributed by atoms with Gasteiger partial charge in [0.25, 0.3) is 0 Å². The van der Waals surface area contributed by atoms with E-state index in [1.54, 1.807) is 0 Å². The zero-order valence-corrected chi connectivity index (χ0v) is 12.0. The molecule has 3 heteroatoms. The largest absolute Gasteiger partial charge is 0.493 e. The lowest BCUT2D eigenvalue weighted by atomic mass is 10.1. The molecule has 0 spiro atoms. The number of hydrogen-bond donors (Lipinski definition) is 1. The molecule has 0 aliphatic rings. The van der Waals surface area contributed by atoms with Gasteiger partial charge in [-0.2, -0.15) is 0 Å². The molecule has 0 aliphatic heterocycles. The van der Waals surface area contributed by atoms with Crippen molar-refractivity contribution in [3.8, 4) is 5.75 Å². The minimum atomic E-state index is 0.0369. The zero-order valence-electron chi connectivity index (χ0n) is 12.0. The van der Waals surface area contributed by atoms with Crippen LogP contribution in [0.2, 0.25) is 0 Å². The molecule has 19 heavy (non-hydrogen) atoms. The lowest BCUT2D eigenvalue weighted by Gasteiger charge is -2.10. The van der Waals surface area contributed by atoms with E-state index >= 15 is 0 Å². The molecule has 0 fully saturated rings. The van der Waals surface area contributed by atoms with E-state index in [1.165, 1.54) is 0 Å². The van der Waals surface area contributed by atoms with Crippen LogP contribution in [-0.4, -0.2) is 19.1 Å². The lowest BCUT2D eigenvalue weighted by molar-refractivity contribution is -0.121. The minimum Gasteiger partial charge on any atom is -0.493 e. The van der Waals surface area contributed by atoms with Crippen molar-refractivity contribution in [2.45, 2.75) is 33.6 Å². The van der Waals surface area contributed by atoms with E-state index in [1.807, 2.05) is 45.1 Å². The molecule has 1 aromatic carbocycles. The Morgan fingerprint density at radius 2 is 2.16 bits per heavy atom. The van der Waals surface area contributed by atoms with Crippen molar-refractivity contribution in [1.82, 2.24) is 5.32 Å². The summed E-state index contributed by atoms with van der Waals surface area (Å²) in [5.74, 6) is 0.900. The quantitative estimate of drug-likeness (QED) is 0.605. The van der Waals surface area contributed by atoms with Crippen LogP contribution in [0.25, 0.3) is 0 Å². The van der Waals surface area contributed by atoms with Gasteiger partial charge in [0.05, 0.1) is 13.0 Å². The predicted octanol–water partition coefficient (Wildman–Crippen LogP) is 3.15. The summed E-state index contributed by atoms with van der Waals surface area (Å²) in [6.45, 7) is 7.11. The third kappa shape index (κ3) is 6.09. The Morgan fingerprint density at radius 3 is 2.89 bits per heavy atom. The van der Waals surface area contributed by atoms with Crippen LogP contribution in [0.5, 0.6) is 5.75 Å². The lowest BCUT2D eigenvalue weighted by Crippen LogP contribution is -2.25. The number of hydrogen-bond acceptors (Lipinski definition) is 2. The second-order valence-electron chi connectivity index (χ2n) is 4.58. The maximum absolute atomic E-state index is 11.5. The van der Waals surface area contributed by atoms with Gasteiger partial charge in [-0.15, -0.1) is 0 Å². The fourth-order valence-corrected chi connectivity index (χ4v) is 1.67. The summed E-state index contributed by atoms with van der Waals surface area (Å²) in [5, 5.41) is 2.86. The average molecular weight is 261 g/mol. The molecule has 104 valence electrons. The molecule has 0 heterocycles. The molecule has 0 unspecified atom stereocenters. The fraction of sp³-hybridized carbons (Fsp3) is 0.438. The summed E-state index contributed by atoms with van der Waals surface area (Å²) < 4.78 is 5.64. The number of rotatable bonds is 7. The molecule has 0 aliphatic carbocycles. The van der Waals surface area contributed by atoms with Crippen molar-refractivity contribution in [3.05, 3.63) is 41.5 Å². The average Bonchev–Trinajstić information content (AvgIpc) is 2.39. The van der Waals surface area contributed by atoms with Gasteiger partial charge in [-0.1, -0.05) is 24.3 Å². The maximum Gasteiger partial charge on any atom is 0.223 e. The highest BCUT2D eigenvalue weighted by molar-refractivity contribution is 5.75. The van der Waals surface area contributed by atoms with Crippen molar-refractivity contribution >= 4 is 5.91 Å². The Kier molecular flexibility index (Phi) is 6.72. The van der Waals surface area contributed by atoms with Gasteiger partial charge in [0, 0.05) is 6.54 Å². The third-order valence-electron chi connectivity index (χ3n) is 2.80. The highest BCUT2D eigenvalue weighted by atomic mass is 16.5. The van der Waals surface area contributed by atoms with E-state index in [4.69, 9.17) is 4.74 Å². The fourth-order valence-electron chi connectivity index (χ4n) is 1.67. The SMILES string of the molecule is C/C=C/CCNC(=O)CCOc1cc(C)ccc1C. The van der Waals surface area contributed by atoms with Gasteiger partial charge in [-0.25, -0.2) is 0 Å². The van der Waals surface area contributed by atoms with Crippen LogP contribution in [0.3, 0.4) is 0 Å². The van der Waals surface area contributed by atoms with Crippen LogP contribution in [0.1, 0.15) is 30.9 Å². The van der Waals surface area contributed by atoms with Crippen molar-refractivity contribution in [2.24, 2.45) is 0 Å². The number of carbonyl (C=O) groups excluding carboxylic acids is 1.